The van der Waals surface area contributed by atoms with Crippen LogP contribution in [0.5, 0.6) is 0 Å². The van der Waals surface area contributed by atoms with E-state index in [1.807, 2.05) is 0 Å². The summed E-state index contributed by atoms with van der Waals surface area (Å²) in [6, 6.07) is 1.65. The van der Waals surface area contributed by atoms with E-state index in [-0.39, 0.29) is 5.56 Å². The molecule has 16 heavy (non-hydrogen) atoms. The first-order chi connectivity index (χ1) is 7.45. The number of nitrogens with zero attached hydrogens (tertiary/aromatic N) is 2. The highest BCUT2D eigenvalue weighted by atomic mass is 19.1. The van der Waals surface area contributed by atoms with Gasteiger partial charge in [-0.3, -0.25) is 4.79 Å². The van der Waals surface area contributed by atoms with Crippen molar-refractivity contribution in [1.29, 1.82) is 0 Å². The molecule has 1 heterocycles. The second-order valence-electron chi connectivity index (χ2n) is 3.27. The Morgan fingerprint density at radius 3 is 2.69 bits per heavy atom. The third kappa shape index (κ3) is 2.33. The fourth-order valence-electron chi connectivity index (χ4n) is 1.08. The van der Waals surface area contributed by atoms with Crippen LogP contribution in [0.4, 0.5) is 4.39 Å². The lowest BCUT2D eigenvalue weighted by atomic mass is 10.2. The topological polar surface area (TPSA) is 70.5 Å². The minimum Gasteiger partial charge on any atom is -0.480 e. The molecular weight excluding hydrogens is 215 g/mol. The number of carbonyl (C=O) groups excluding carboxylic acids is 1. The highest BCUT2D eigenvalue weighted by Crippen LogP contribution is 2.09. The second-order valence-corrected chi connectivity index (χ2v) is 3.27. The van der Waals surface area contributed by atoms with Gasteiger partial charge >= 0.3 is 5.97 Å². The van der Waals surface area contributed by atoms with Crippen molar-refractivity contribution in [1.82, 2.24) is 9.88 Å². The highest BCUT2D eigenvalue weighted by molar-refractivity contribution is 5.96. The predicted octanol–water partition coefficient (Wildman–Crippen LogP) is 0.766. The molecule has 5 nitrogen and oxygen atoms in total. The third-order valence-corrected chi connectivity index (χ3v) is 2.25. The summed E-state index contributed by atoms with van der Waals surface area (Å²) >= 11 is 0. The summed E-state index contributed by atoms with van der Waals surface area (Å²) in [6.07, 6.45) is 1.22. The molecule has 1 amide bonds. The van der Waals surface area contributed by atoms with Crippen LogP contribution in [0.2, 0.25) is 0 Å². The molecule has 1 rings (SSSR count). The molecule has 0 aliphatic rings. The lowest BCUT2D eigenvalue weighted by Crippen LogP contribution is -2.40. The minimum absolute atomic E-state index is 0.238. The molecule has 1 unspecified atom stereocenters. The number of carboxylic acids is 1. The first-order valence-corrected chi connectivity index (χ1v) is 4.55. The van der Waals surface area contributed by atoms with Gasteiger partial charge in [0.2, 0.25) is 5.95 Å². The number of pyridine rings is 1. The Balaban J connectivity index is 2.95. The molecule has 86 valence electrons. The van der Waals surface area contributed by atoms with E-state index in [4.69, 9.17) is 5.11 Å². The Hall–Kier alpha value is -1.98. The smallest absolute Gasteiger partial charge is 0.326 e. The van der Waals surface area contributed by atoms with Crippen LogP contribution >= 0.6 is 0 Å². The standard InChI is InChI=1S/C10H11FN2O3/c1-6(10(15)16)13(2)9(14)7-4-3-5-12-8(7)11/h3-6H,1-2H3,(H,15,16). The van der Waals surface area contributed by atoms with Crippen LogP contribution in [-0.4, -0.2) is 40.0 Å². The lowest BCUT2D eigenvalue weighted by molar-refractivity contribution is -0.141. The number of hydrogen-bond acceptors (Lipinski definition) is 3. The van der Waals surface area contributed by atoms with Crippen LogP contribution < -0.4 is 0 Å². The van der Waals surface area contributed by atoms with Gasteiger partial charge in [0.15, 0.2) is 0 Å². The van der Waals surface area contributed by atoms with Gasteiger partial charge in [-0.25, -0.2) is 9.78 Å². The fourth-order valence-corrected chi connectivity index (χ4v) is 1.08. The normalized spacial score (nSPS) is 11.9. The van der Waals surface area contributed by atoms with Crippen LogP contribution in [0.1, 0.15) is 17.3 Å². The van der Waals surface area contributed by atoms with E-state index < -0.39 is 23.9 Å². The zero-order valence-corrected chi connectivity index (χ0v) is 8.85. The number of halogens is 1. The van der Waals surface area contributed by atoms with Crippen molar-refractivity contribution >= 4 is 11.9 Å². The number of carbonyl (C=O) groups is 2. The average molecular weight is 226 g/mol. The number of likely N-dealkylation sites (N-methyl/N-ethyl adjacent to an activating group) is 1. The van der Waals surface area contributed by atoms with Crippen molar-refractivity contribution in [2.24, 2.45) is 0 Å². The summed E-state index contributed by atoms with van der Waals surface area (Å²) in [7, 11) is 1.30. The van der Waals surface area contributed by atoms with E-state index in [0.717, 1.165) is 4.90 Å². The molecule has 1 N–H and O–H groups in total. The van der Waals surface area contributed by atoms with Crippen LogP contribution in [0.25, 0.3) is 0 Å². The van der Waals surface area contributed by atoms with E-state index in [2.05, 4.69) is 4.98 Å². The van der Waals surface area contributed by atoms with Gasteiger partial charge < -0.3 is 10.0 Å². The molecule has 1 aromatic heterocycles. The van der Waals surface area contributed by atoms with E-state index in [0.29, 0.717) is 0 Å². The molecule has 0 bridgehead atoms. The van der Waals surface area contributed by atoms with Crippen LogP contribution in [0.15, 0.2) is 18.3 Å². The van der Waals surface area contributed by atoms with Crippen molar-refractivity contribution in [2.45, 2.75) is 13.0 Å². The molecule has 1 aromatic rings. The number of aliphatic carboxylic acids is 1. The van der Waals surface area contributed by atoms with Gasteiger partial charge in [0.05, 0.1) is 5.56 Å². The van der Waals surface area contributed by atoms with Gasteiger partial charge in [0.25, 0.3) is 5.91 Å². The SMILES string of the molecule is CC(C(=O)O)N(C)C(=O)c1cccnc1F. The van der Waals surface area contributed by atoms with E-state index in [1.165, 1.54) is 32.3 Å². The molecule has 1 atom stereocenters. The second kappa shape index (κ2) is 4.69. The monoisotopic (exact) mass is 226 g/mol. The minimum atomic E-state index is -1.15. The van der Waals surface area contributed by atoms with E-state index in [9.17, 15) is 14.0 Å². The quantitative estimate of drug-likeness (QED) is 0.772. The molecule has 0 radical (unpaired) electrons. The largest absolute Gasteiger partial charge is 0.480 e. The molecule has 0 saturated heterocycles. The summed E-state index contributed by atoms with van der Waals surface area (Å²) in [5.74, 6) is -2.77. The molecule has 0 aliphatic carbocycles. The van der Waals surface area contributed by atoms with Gasteiger partial charge in [0.1, 0.15) is 6.04 Å². The molecule has 0 aliphatic heterocycles. The van der Waals surface area contributed by atoms with Crippen LogP contribution in [0.3, 0.4) is 0 Å². The van der Waals surface area contributed by atoms with Gasteiger partial charge in [-0.2, -0.15) is 4.39 Å². The maximum absolute atomic E-state index is 13.2. The van der Waals surface area contributed by atoms with Crippen molar-refractivity contribution in [3.63, 3.8) is 0 Å². The van der Waals surface area contributed by atoms with Gasteiger partial charge in [-0.05, 0) is 19.1 Å². The number of aromatic nitrogens is 1. The maximum atomic E-state index is 13.2. The summed E-state index contributed by atoms with van der Waals surface area (Å²) in [6.45, 7) is 1.34. The number of hydrogen-bond donors (Lipinski definition) is 1. The van der Waals surface area contributed by atoms with Gasteiger partial charge in [-0.1, -0.05) is 0 Å². The summed E-state index contributed by atoms with van der Waals surface area (Å²) in [4.78, 5) is 26.6. The summed E-state index contributed by atoms with van der Waals surface area (Å²) in [5.41, 5.74) is -0.238. The van der Waals surface area contributed by atoms with Crippen LogP contribution in [-0.2, 0) is 4.79 Å². The van der Waals surface area contributed by atoms with Crippen LogP contribution in [0, 0.1) is 5.95 Å². The molecule has 0 fully saturated rings. The number of amides is 1. The zero-order chi connectivity index (χ0) is 12.3. The van der Waals surface area contributed by atoms with Gasteiger partial charge in [0, 0.05) is 13.2 Å². The Morgan fingerprint density at radius 2 is 2.19 bits per heavy atom. The van der Waals surface area contributed by atoms with Crippen molar-refractivity contribution in [3.05, 3.63) is 29.8 Å². The van der Waals surface area contributed by atoms with E-state index in [1.54, 1.807) is 0 Å². The van der Waals surface area contributed by atoms with E-state index >= 15 is 0 Å². The lowest BCUT2D eigenvalue weighted by Gasteiger charge is -2.21. The zero-order valence-electron chi connectivity index (χ0n) is 8.85. The Kier molecular flexibility index (Phi) is 3.55. The Morgan fingerprint density at radius 1 is 1.56 bits per heavy atom. The van der Waals surface area contributed by atoms with Crippen molar-refractivity contribution < 1.29 is 19.1 Å². The molecule has 0 spiro atoms. The Labute approximate surface area is 91.5 Å². The Bertz CT molecular complexity index is 422. The summed E-state index contributed by atoms with van der Waals surface area (Å²) < 4.78 is 13.2. The molecule has 0 aromatic carbocycles. The highest BCUT2D eigenvalue weighted by Gasteiger charge is 2.24. The maximum Gasteiger partial charge on any atom is 0.326 e. The third-order valence-electron chi connectivity index (χ3n) is 2.25. The van der Waals surface area contributed by atoms with Gasteiger partial charge in [-0.15, -0.1) is 0 Å². The predicted molar refractivity (Wildman–Crippen MR) is 53.4 cm³/mol. The molecular formula is C10H11FN2O3. The fraction of sp³-hybridized carbons (Fsp3) is 0.300. The molecule has 6 heteroatoms. The van der Waals surface area contributed by atoms with Crippen molar-refractivity contribution in [2.75, 3.05) is 7.05 Å². The summed E-state index contributed by atoms with van der Waals surface area (Å²) in [5, 5.41) is 8.71. The first-order valence-electron chi connectivity index (χ1n) is 4.55. The number of rotatable bonds is 3. The molecule has 0 saturated carbocycles. The van der Waals surface area contributed by atoms with Crippen molar-refractivity contribution in [3.8, 4) is 0 Å². The average Bonchev–Trinajstić information content (AvgIpc) is 2.26. The first kappa shape index (κ1) is 12.1. The number of carboxylic acid groups (broad SMARTS) is 1.